The number of anilines is 1. The van der Waals surface area contributed by atoms with Gasteiger partial charge in [0.2, 0.25) is 5.91 Å². The van der Waals surface area contributed by atoms with Crippen molar-refractivity contribution in [1.82, 2.24) is 4.98 Å². The molecule has 0 unspecified atom stereocenters. The summed E-state index contributed by atoms with van der Waals surface area (Å²) in [6.45, 7) is 0. The predicted octanol–water partition coefficient (Wildman–Crippen LogP) is 4.03. The lowest BCUT2D eigenvalue weighted by Crippen LogP contribution is -2.16. The molecule has 1 heterocycles. The number of amides is 1. The molecule has 18 heavy (non-hydrogen) atoms. The Morgan fingerprint density at radius 2 is 2.06 bits per heavy atom. The summed E-state index contributed by atoms with van der Waals surface area (Å²) in [6.07, 6.45) is 11.3. The molecule has 2 rings (SSSR count). The molecule has 1 N–H and O–H groups in total. The van der Waals surface area contributed by atoms with Crippen molar-refractivity contribution in [2.75, 3.05) is 5.32 Å². The molecule has 0 radical (unpaired) electrons. The molecule has 1 aliphatic carbocycles. The molecule has 1 amide bonds. The van der Waals surface area contributed by atoms with Crippen LogP contribution in [0.3, 0.4) is 0 Å². The zero-order valence-corrected chi connectivity index (χ0v) is 11.2. The third-order valence-electron chi connectivity index (χ3n) is 3.49. The van der Waals surface area contributed by atoms with Gasteiger partial charge in [-0.25, -0.2) is 0 Å². The second-order valence-corrected chi connectivity index (χ2v) is 5.37. The zero-order chi connectivity index (χ0) is 12.8. The molecule has 98 valence electrons. The van der Waals surface area contributed by atoms with Gasteiger partial charge in [-0.3, -0.25) is 9.78 Å². The van der Waals surface area contributed by atoms with Crippen LogP contribution in [0.15, 0.2) is 18.5 Å². The van der Waals surface area contributed by atoms with E-state index in [0.717, 1.165) is 0 Å². The Bertz CT molecular complexity index is 401. The van der Waals surface area contributed by atoms with Crippen LogP contribution in [0, 0.1) is 5.92 Å². The van der Waals surface area contributed by atoms with Gasteiger partial charge in [0, 0.05) is 12.6 Å². The fourth-order valence-electron chi connectivity index (χ4n) is 2.50. The van der Waals surface area contributed by atoms with Gasteiger partial charge in [-0.2, -0.15) is 0 Å². The fraction of sp³-hybridized carbons (Fsp3) is 0.571. The van der Waals surface area contributed by atoms with Crippen molar-refractivity contribution in [3.8, 4) is 0 Å². The summed E-state index contributed by atoms with van der Waals surface area (Å²) in [5.74, 6) is 0.583. The maximum absolute atomic E-state index is 11.9. The van der Waals surface area contributed by atoms with Crippen LogP contribution in [-0.2, 0) is 4.79 Å². The average Bonchev–Trinajstić information content (AvgIpc) is 2.61. The molecule has 0 bridgehead atoms. The molecule has 1 saturated carbocycles. The summed E-state index contributed by atoms with van der Waals surface area (Å²) >= 11 is 5.98. The number of nitrogens with one attached hydrogen (secondary N) is 1. The molecular formula is C14H19ClN2O. The molecule has 0 atom stereocenters. The van der Waals surface area contributed by atoms with E-state index in [-0.39, 0.29) is 5.91 Å². The summed E-state index contributed by atoms with van der Waals surface area (Å²) in [4.78, 5) is 15.9. The smallest absolute Gasteiger partial charge is 0.224 e. The first-order chi connectivity index (χ1) is 8.75. The minimum atomic E-state index is 0.0526. The van der Waals surface area contributed by atoms with Crippen molar-refractivity contribution in [2.45, 2.75) is 44.9 Å². The van der Waals surface area contributed by atoms with Crippen LogP contribution >= 0.6 is 11.6 Å². The molecule has 0 spiro atoms. The highest BCUT2D eigenvalue weighted by Gasteiger charge is 2.16. The van der Waals surface area contributed by atoms with Crippen molar-refractivity contribution in [3.05, 3.63) is 23.5 Å². The molecule has 1 aliphatic rings. The van der Waals surface area contributed by atoms with Gasteiger partial charge in [-0.05, 0) is 24.8 Å². The van der Waals surface area contributed by atoms with Crippen LogP contribution in [0.4, 0.5) is 5.69 Å². The van der Waals surface area contributed by atoms with Crippen LogP contribution in [0.1, 0.15) is 44.9 Å². The number of carbonyl (C=O) groups is 1. The van der Waals surface area contributed by atoms with Crippen molar-refractivity contribution >= 4 is 23.2 Å². The topological polar surface area (TPSA) is 42.0 Å². The van der Waals surface area contributed by atoms with Crippen LogP contribution in [0.5, 0.6) is 0 Å². The third-order valence-corrected chi connectivity index (χ3v) is 3.82. The fourth-order valence-corrected chi connectivity index (χ4v) is 2.65. The minimum absolute atomic E-state index is 0.0526. The molecule has 1 aromatic heterocycles. The summed E-state index contributed by atoms with van der Waals surface area (Å²) in [6, 6.07) is 1.68. The number of halogens is 1. The van der Waals surface area contributed by atoms with Gasteiger partial charge < -0.3 is 5.32 Å². The van der Waals surface area contributed by atoms with Crippen molar-refractivity contribution < 1.29 is 4.79 Å². The lowest BCUT2D eigenvalue weighted by atomic mass is 9.96. The van der Waals surface area contributed by atoms with Crippen LogP contribution in [0.2, 0.25) is 5.02 Å². The second kappa shape index (κ2) is 6.74. The maximum atomic E-state index is 11.9. The molecule has 3 nitrogen and oxygen atoms in total. The van der Waals surface area contributed by atoms with Crippen LogP contribution in [0.25, 0.3) is 0 Å². The van der Waals surface area contributed by atoms with E-state index in [2.05, 4.69) is 10.3 Å². The van der Waals surface area contributed by atoms with Crippen molar-refractivity contribution in [3.63, 3.8) is 0 Å². The Morgan fingerprint density at radius 1 is 1.33 bits per heavy atom. The number of nitrogens with zero attached hydrogens (tertiary/aromatic N) is 1. The molecule has 1 aromatic rings. The molecule has 0 aliphatic heterocycles. The van der Waals surface area contributed by atoms with Gasteiger partial charge in [-0.15, -0.1) is 0 Å². The summed E-state index contributed by atoms with van der Waals surface area (Å²) in [7, 11) is 0. The van der Waals surface area contributed by atoms with E-state index >= 15 is 0 Å². The van der Waals surface area contributed by atoms with Gasteiger partial charge in [0.05, 0.1) is 16.9 Å². The molecule has 1 fully saturated rings. The Balaban J connectivity index is 1.86. The van der Waals surface area contributed by atoms with Crippen molar-refractivity contribution in [2.24, 2.45) is 5.92 Å². The van der Waals surface area contributed by atoms with Gasteiger partial charge in [-0.1, -0.05) is 37.3 Å². The lowest BCUT2D eigenvalue weighted by molar-refractivity contribution is -0.117. The Labute approximate surface area is 113 Å². The summed E-state index contributed by atoms with van der Waals surface area (Å²) in [5.41, 5.74) is 0.609. The standard InChI is InChI=1S/C14H19ClN2O/c15-12-7-8-16-10-13(12)17-14(18)9-11-5-3-1-2-4-6-11/h7-8,10-11H,1-6,9H2,(H,17,18). The van der Waals surface area contributed by atoms with E-state index in [0.29, 0.717) is 23.0 Å². The summed E-state index contributed by atoms with van der Waals surface area (Å²) < 4.78 is 0. The van der Waals surface area contributed by atoms with Crippen LogP contribution in [-0.4, -0.2) is 10.9 Å². The third kappa shape index (κ3) is 3.98. The first kappa shape index (κ1) is 13.3. The minimum Gasteiger partial charge on any atom is -0.323 e. The second-order valence-electron chi connectivity index (χ2n) is 4.97. The SMILES string of the molecule is O=C(CC1CCCCCC1)Nc1cnccc1Cl. The number of hydrogen-bond acceptors (Lipinski definition) is 2. The molecular weight excluding hydrogens is 248 g/mol. The number of rotatable bonds is 3. The van der Waals surface area contributed by atoms with E-state index in [1.165, 1.54) is 38.5 Å². The quantitative estimate of drug-likeness (QED) is 0.839. The Kier molecular flexibility index (Phi) is 5.00. The molecule has 0 saturated heterocycles. The number of hydrogen-bond donors (Lipinski definition) is 1. The van der Waals surface area contributed by atoms with E-state index in [1.807, 2.05) is 0 Å². The number of aromatic nitrogens is 1. The Hall–Kier alpha value is -1.09. The maximum Gasteiger partial charge on any atom is 0.224 e. The Morgan fingerprint density at radius 3 is 2.72 bits per heavy atom. The van der Waals surface area contributed by atoms with Crippen LogP contribution < -0.4 is 5.32 Å². The van der Waals surface area contributed by atoms with Gasteiger partial charge in [0.15, 0.2) is 0 Å². The highest BCUT2D eigenvalue weighted by molar-refractivity contribution is 6.33. The van der Waals surface area contributed by atoms with Gasteiger partial charge in [0.1, 0.15) is 0 Å². The highest BCUT2D eigenvalue weighted by atomic mass is 35.5. The first-order valence-electron chi connectivity index (χ1n) is 6.65. The van der Waals surface area contributed by atoms with E-state index in [9.17, 15) is 4.79 Å². The lowest BCUT2D eigenvalue weighted by Gasteiger charge is -2.13. The number of carbonyl (C=O) groups excluding carboxylic acids is 1. The first-order valence-corrected chi connectivity index (χ1v) is 7.03. The highest BCUT2D eigenvalue weighted by Crippen LogP contribution is 2.26. The molecule has 0 aromatic carbocycles. The number of pyridine rings is 1. The van der Waals surface area contributed by atoms with Crippen molar-refractivity contribution in [1.29, 1.82) is 0 Å². The normalized spacial score (nSPS) is 17.2. The average molecular weight is 267 g/mol. The molecule has 4 heteroatoms. The van der Waals surface area contributed by atoms with E-state index in [1.54, 1.807) is 18.5 Å². The zero-order valence-electron chi connectivity index (χ0n) is 10.5. The van der Waals surface area contributed by atoms with E-state index < -0.39 is 0 Å². The van der Waals surface area contributed by atoms with Gasteiger partial charge in [0.25, 0.3) is 0 Å². The monoisotopic (exact) mass is 266 g/mol. The van der Waals surface area contributed by atoms with Gasteiger partial charge >= 0.3 is 0 Å². The largest absolute Gasteiger partial charge is 0.323 e. The van der Waals surface area contributed by atoms with E-state index in [4.69, 9.17) is 11.6 Å². The predicted molar refractivity (Wildman–Crippen MR) is 73.7 cm³/mol. The summed E-state index contributed by atoms with van der Waals surface area (Å²) in [5, 5.41) is 3.39.